The predicted octanol–water partition coefficient (Wildman–Crippen LogP) is 4.25. The standard InChI is InChI=1S/C24H29N5O3/c1-4-29(5-2)23(30)17-9-7-16(8-10-17)18-11-12-19-13-20(24(31)32-6-3)15-22(27-28-25)26-21(19)14-18/h7-14,22,26H,4-6,15H2,1-3H3,(H2,25,27). The minimum Gasteiger partial charge on any atom is -0.463 e. The number of nitrogens with one attached hydrogen (secondary N) is 1. The first-order chi connectivity index (χ1) is 15.5. The van der Waals surface area contributed by atoms with Gasteiger partial charge in [-0.2, -0.15) is 0 Å². The van der Waals surface area contributed by atoms with Crippen molar-refractivity contribution in [2.45, 2.75) is 33.4 Å². The normalized spacial score (nSPS) is 15.3. The van der Waals surface area contributed by atoms with Crippen LogP contribution < -0.4 is 11.2 Å². The zero-order valence-corrected chi connectivity index (χ0v) is 18.7. The average Bonchev–Trinajstić information content (AvgIpc) is 2.99. The van der Waals surface area contributed by atoms with Crippen LogP contribution in [0.4, 0.5) is 5.69 Å². The van der Waals surface area contributed by atoms with Gasteiger partial charge in [0.05, 0.1) is 6.61 Å². The molecule has 0 fully saturated rings. The predicted molar refractivity (Wildman–Crippen MR) is 125 cm³/mol. The summed E-state index contributed by atoms with van der Waals surface area (Å²) in [5.41, 5.74) is 4.76. The van der Waals surface area contributed by atoms with Gasteiger partial charge < -0.3 is 20.8 Å². The molecule has 168 valence electrons. The van der Waals surface area contributed by atoms with Gasteiger partial charge in [0.25, 0.3) is 5.91 Å². The molecule has 1 unspecified atom stereocenters. The number of carbonyl (C=O) groups is 2. The molecule has 0 aliphatic carbocycles. The molecule has 3 N–H and O–H groups in total. The summed E-state index contributed by atoms with van der Waals surface area (Å²) in [4.78, 5) is 26.7. The lowest BCUT2D eigenvalue weighted by Gasteiger charge is -2.18. The second-order valence-corrected chi connectivity index (χ2v) is 7.34. The number of hydrogen-bond acceptors (Lipinski definition) is 6. The third kappa shape index (κ3) is 5.14. The molecule has 1 aliphatic rings. The topological polar surface area (TPSA) is 109 Å². The molecule has 8 nitrogen and oxygen atoms in total. The number of anilines is 1. The molecule has 8 heteroatoms. The van der Waals surface area contributed by atoms with E-state index in [1.807, 2.05) is 62.4 Å². The number of fused-ring (bicyclic) bond motifs is 1. The monoisotopic (exact) mass is 435 g/mol. The number of rotatable bonds is 7. The van der Waals surface area contributed by atoms with Crippen LogP contribution in [0.15, 0.2) is 58.4 Å². The summed E-state index contributed by atoms with van der Waals surface area (Å²) in [5.74, 6) is 4.91. The molecule has 3 rings (SSSR count). The molecule has 0 saturated heterocycles. The smallest absolute Gasteiger partial charge is 0.334 e. The second-order valence-electron chi connectivity index (χ2n) is 7.34. The van der Waals surface area contributed by atoms with Gasteiger partial charge in [0.1, 0.15) is 6.17 Å². The van der Waals surface area contributed by atoms with Crippen LogP contribution in [0.25, 0.3) is 17.2 Å². The van der Waals surface area contributed by atoms with Crippen LogP contribution >= 0.6 is 0 Å². The average molecular weight is 436 g/mol. The van der Waals surface area contributed by atoms with Crippen molar-refractivity contribution in [3.63, 3.8) is 0 Å². The Morgan fingerprint density at radius 1 is 1.09 bits per heavy atom. The summed E-state index contributed by atoms with van der Waals surface area (Å²) in [5, 5.41) is 10.7. The summed E-state index contributed by atoms with van der Waals surface area (Å²) in [6, 6.07) is 13.5. The van der Waals surface area contributed by atoms with Gasteiger partial charge >= 0.3 is 5.97 Å². The van der Waals surface area contributed by atoms with E-state index >= 15 is 0 Å². The first-order valence-corrected chi connectivity index (χ1v) is 10.8. The van der Waals surface area contributed by atoms with Crippen molar-refractivity contribution in [3.05, 3.63) is 59.2 Å². The van der Waals surface area contributed by atoms with Gasteiger partial charge in [0, 0.05) is 36.3 Å². The zero-order valence-electron chi connectivity index (χ0n) is 18.7. The van der Waals surface area contributed by atoms with Crippen LogP contribution in [0, 0.1) is 0 Å². The van der Waals surface area contributed by atoms with E-state index in [0.29, 0.717) is 37.3 Å². The molecule has 0 aromatic heterocycles. The third-order valence-electron chi connectivity index (χ3n) is 5.38. The first kappa shape index (κ1) is 23.0. The van der Waals surface area contributed by atoms with Gasteiger partial charge in [-0.25, -0.2) is 4.79 Å². The Hall–Kier alpha value is -3.68. The van der Waals surface area contributed by atoms with Crippen molar-refractivity contribution < 1.29 is 14.3 Å². The van der Waals surface area contributed by atoms with Gasteiger partial charge in [-0.05, 0) is 61.7 Å². The van der Waals surface area contributed by atoms with E-state index in [9.17, 15) is 9.59 Å². The fourth-order valence-electron chi connectivity index (χ4n) is 3.69. The molecular formula is C24H29N5O3. The fraction of sp³-hybridized carbons (Fsp3) is 0.333. The molecule has 2 aromatic rings. The SMILES string of the molecule is CCOC(=O)C1=Cc2ccc(-c3ccc(C(=O)N(CC)CC)cc3)cc2NC(N=NN)C1. The number of nitrogens with zero attached hydrogens (tertiary/aromatic N) is 3. The Bertz CT molecular complexity index is 1030. The lowest BCUT2D eigenvalue weighted by Crippen LogP contribution is -2.30. The molecule has 32 heavy (non-hydrogen) atoms. The molecular weight excluding hydrogens is 406 g/mol. The molecule has 1 heterocycles. The number of ether oxygens (including phenoxy) is 1. The van der Waals surface area contributed by atoms with Crippen molar-refractivity contribution in [1.29, 1.82) is 0 Å². The summed E-state index contributed by atoms with van der Waals surface area (Å²) in [7, 11) is 0. The lowest BCUT2D eigenvalue weighted by molar-refractivity contribution is -0.138. The molecule has 0 radical (unpaired) electrons. The van der Waals surface area contributed by atoms with Crippen molar-refractivity contribution in [1.82, 2.24) is 4.90 Å². The number of esters is 1. The Morgan fingerprint density at radius 3 is 2.41 bits per heavy atom. The van der Waals surface area contributed by atoms with Gasteiger partial charge in [-0.3, -0.25) is 4.79 Å². The Morgan fingerprint density at radius 2 is 1.78 bits per heavy atom. The van der Waals surface area contributed by atoms with Crippen LogP contribution in [-0.2, 0) is 9.53 Å². The van der Waals surface area contributed by atoms with Crippen molar-refractivity contribution in [2.75, 3.05) is 25.0 Å². The number of nitrogens with two attached hydrogens (primary N) is 1. The summed E-state index contributed by atoms with van der Waals surface area (Å²) in [6.07, 6.45) is 1.63. The maximum atomic E-state index is 12.6. The number of hydrogen-bond donors (Lipinski definition) is 2. The highest BCUT2D eigenvalue weighted by atomic mass is 16.5. The third-order valence-corrected chi connectivity index (χ3v) is 5.38. The van der Waals surface area contributed by atoms with Gasteiger partial charge in [0.15, 0.2) is 0 Å². The van der Waals surface area contributed by atoms with E-state index in [-0.39, 0.29) is 11.9 Å². The minimum absolute atomic E-state index is 0.0248. The molecule has 1 aliphatic heterocycles. The highest BCUT2D eigenvalue weighted by molar-refractivity contribution is 5.96. The quantitative estimate of drug-likeness (QED) is 0.292. The maximum Gasteiger partial charge on any atom is 0.334 e. The zero-order chi connectivity index (χ0) is 23.1. The Kier molecular flexibility index (Phi) is 7.59. The molecule has 1 atom stereocenters. The number of amides is 1. The Labute approximate surface area is 188 Å². The lowest BCUT2D eigenvalue weighted by atomic mass is 10.00. The molecule has 2 aromatic carbocycles. The van der Waals surface area contributed by atoms with E-state index in [0.717, 1.165) is 22.4 Å². The van der Waals surface area contributed by atoms with E-state index in [2.05, 4.69) is 15.7 Å². The molecule has 0 bridgehead atoms. The van der Waals surface area contributed by atoms with E-state index in [1.165, 1.54) is 0 Å². The Balaban J connectivity index is 1.92. The van der Waals surface area contributed by atoms with Crippen LogP contribution in [-0.4, -0.2) is 42.6 Å². The summed E-state index contributed by atoms with van der Waals surface area (Å²) < 4.78 is 5.17. The van der Waals surface area contributed by atoms with Gasteiger partial charge in [0.2, 0.25) is 0 Å². The highest BCUT2D eigenvalue weighted by Gasteiger charge is 2.22. The molecule has 1 amide bonds. The largest absolute Gasteiger partial charge is 0.463 e. The number of carbonyl (C=O) groups excluding carboxylic acids is 2. The van der Waals surface area contributed by atoms with Crippen molar-refractivity contribution in [3.8, 4) is 11.1 Å². The second kappa shape index (κ2) is 10.6. The van der Waals surface area contributed by atoms with Crippen molar-refractivity contribution in [2.24, 2.45) is 16.2 Å². The minimum atomic E-state index is -0.485. The van der Waals surface area contributed by atoms with Crippen LogP contribution in [0.5, 0.6) is 0 Å². The van der Waals surface area contributed by atoms with Gasteiger partial charge in [-0.1, -0.05) is 29.5 Å². The van der Waals surface area contributed by atoms with Crippen LogP contribution in [0.2, 0.25) is 0 Å². The van der Waals surface area contributed by atoms with Crippen LogP contribution in [0.1, 0.15) is 43.1 Å². The van der Waals surface area contributed by atoms with E-state index < -0.39 is 6.17 Å². The first-order valence-electron chi connectivity index (χ1n) is 10.8. The van der Waals surface area contributed by atoms with E-state index in [1.54, 1.807) is 11.8 Å². The van der Waals surface area contributed by atoms with Gasteiger partial charge in [-0.15, -0.1) is 5.11 Å². The molecule has 0 spiro atoms. The summed E-state index contributed by atoms with van der Waals surface area (Å²) in [6.45, 7) is 7.36. The maximum absolute atomic E-state index is 12.6. The van der Waals surface area contributed by atoms with Crippen molar-refractivity contribution >= 4 is 23.6 Å². The summed E-state index contributed by atoms with van der Waals surface area (Å²) >= 11 is 0. The fourth-order valence-corrected chi connectivity index (χ4v) is 3.69. The molecule has 0 saturated carbocycles. The van der Waals surface area contributed by atoms with E-state index in [4.69, 9.17) is 10.6 Å². The number of benzene rings is 2. The van der Waals surface area contributed by atoms with Crippen LogP contribution in [0.3, 0.4) is 0 Å². The highest BCUT2D eigenvalue weighted by Crippen LogP contribution is 2.32.